The summed E-state index contributed by atoms with van der Waals surface area (Å²) in [4.78, 5) is 12.5. The molecule has 0 aromatic heterocycles. The number of halogens is 2. The molecule has 3 aromatic carbocycles. The van der Waals surface area contributed by atoms with Crippen molar-refractivity contribution in [3.8, 4) is 16.9 Å². The molecular weight excluding hydrogens is 486 g/mol. The van der Waals surface area contributed by atoms with Crippen LogP contribution in [-0.4, -0.2) is 26.6 Å². The number of amides is 1. The SMILES string of the molecule is CS(=O)(=O)N[C@H]1CC[C@](Cc2cc(-c3cccc(F)c3OCc3ccccc3)ccc2F)(C(N)=O)C1. The molecule has 1 fully saturated rings. The summed E-state index contributed by atoms with van der Waals surface area (Å²) in [6.07, 6.45) is 1.96. The summed E-state index contributed by atoms with van der Waals surface area (Å²) in [5.41, 5.74) is 6.72. The summed E-state index contributed by atoms with van der Waals surface area (Å²) < 4.78 is 61.3. The highest BCUT2D eigenvalue weighted by Gasteiger charge is 2.45. The number of carbonyl (C=O) groups excluding carboxylic acids is 1. The van der Waals surface area contributed by atoms with Gasteiger partial charge in [-0.05, 0) is 60.6 Å². The van der Waals surface area contributed by atoms with Gasteiger partial charge in [0.25, 0.3) is 0 Å². The lowest BCUT2D eigenvalue weighted by Crippen LogP contribution is -2.40. The summed E-state index contributed by atoms with van der Waals surface area (Å²) in [5, 5.41) is 0. The smallest absolute Gasteiger partial charge is 0.224 e. The van der Waals surface area contributed by atoms with E-state index in [1.807, 2.05) is 30.3 Å². The van der Waals surface area contributed by atoms with Gasteiger partial charge in [-0.3, -0.25) is 4.79 Å². The Morgan fingerprint density at radius 2 is 1.83 bits per heavy atom. The van der Waals surface area contributed by atoms with Crippen molar-refractivity contribution < 1.29 is 26.7 Å². The first kappa shape index (κ1) is 25.8. The lowest BCUT2D eigenvalue weighted by Gasteiger charge is -2.26. The normalized spacial score (nSPS) is 19.8. The minimum absolute atomic E-state index is 0.000526. The maximum atomic E-state index is 14.9. The van der Waals surface area contributed by atoms with Crippen molar-refractivity contribution in [2.75, 3.05) is 6.26 Å². The molecule has 1 aliphatic rings. The van der Waals surface area contributed by atoms with Crippen LogP contribution in [0.1, 0.15) is 30.4 Å². The summed E-state index contributed by atoms with van der Waals surface area (Å²) in [5.74, 6) is -1.64. The fourth-order valence-corrected chi connectivity index (χ4v) is 5.66. The van der Waals surface area contributed by atoms with Crippen LogP contribution in [0.15, 0.2) is 66.7 Å². The van der Waals surface area contributed by atoms with Crippen molar-refractivity contribution >= 4 is 15.9 Å². The molecule has 0 radical (unpaired) electrons. The number of ether oxygens (including phenoxy) is 1. The number of nitrogens with two attached hydrogens (primary N) is 1. The van der Waals surface area contributed by atoms with Crippen LogP contribution in [0.5, 0.6) is 5.75 Å². The largest absolute Gasteiger partial charge is 0.485 e. The van der Waals surface area contributed by atoms with E-state index < -0.39 is 39.0 Å². The van der Waals surface area contributed by atoms with Gasteiger partial charge < -0.3 is 10.5 Å². The quantitative estimate of drug-likeness (QED) is 0.444. The lowest BCUT2D eigenvalue weighted by atomic mass is 9.78. The first-order valence-electron chi connectivity index (χ1n) is 11.6. The Morgan fingerprint density at radius 3 is 2.53 bits per heavy atom. The second-order valence-corrected chi connectivity index (χ2v) is 11.1. The Bertz CT molecular complexity index is 1370. The van der Waals surface area contributed by atoms with Gasteiger partial charge in [0.2, 0.25) is 15.9 Å². The van der Waals surface area contributed by atoms with E-state index in [1.54, 1.807) is 18.2 Å². The van der Waals surface area contributed by atoms with Crippen molar-refractivity contribution in [1.82, 2.24) is 4.72 Å². The van der Waals surface area contributed by atoms with E-state index in [0.717, 1.165) is 11.8 Å². The second-order valence-electron chi connectivity index (χ2n) is 9.35. The number of para-hydroxylation sites is 1. The summed E-state index contributed by atoms with van der Waals surface area (Å²) in [6.45, 7) is 0.155. The van der Waals surface area contributed by atoms with Gasteiger partial charge in [0.05, 0.1) is 11.7 Å². The third-order valence-electron chi connectivity index (χ3n) is 6.59. The van der Waals surface area contributed by atoms with Crippen LogP contribution in [-0.2, 0) is 27.8 Å². The van der Waals surface area contributed by atoms with Crippen LogP contribution in [0, 0.1) is 17.0 Å². The molecule has 1 aliphatic carbocycles. The number of hydrogen-bond donors (Lipinski definition) is 2. The number of primary amides is 1. The van der Waals surface area contributed by atoms with E-state index in [-0.39, 0.29) is 30.8 Å². The van der Waals surface area contributed by atoms with Crippen molar-refractivity contribution in [3.05, 3.63) is 89.5 Å². The van der Waals surface area contributed by atoms with Gasteiger partial charge in [0, 0.05) is 11.6 Å². The highest BCUT2D eigenvalue weighted by atomic mass is 32.2. The molecule has 0 saturated heterocycles. The zero-order chi connectivity index (χ0) is 25.9. The molecule has 0 heterocycles. The Hall–Kier alpha value is -3.30. The molecule has 36 heavy (non-hydrogen) atoms. The van der Waals surface area contributed by atoms with Crippen LogP contribution >= 0.6 is 0 Å². The molecule has 0 aliphatic heterocycles. The number of sulfonamides is 1. The van der Waals surface area contributed by atoms with Crippen LogP contribution in [0.4, 0.5) is 8.78 Å². The minimum atomic E-state index is -3.47. The van der Waals surface area contributed by atoms with Crippen LogP contribution < -0.4 is 15.2 Å². The van der Waals surface area contributed by atoms with Gasteiger partial charge in [0.1, 0.15) is 12.4 Å². The molecule has 1 amide bonds. The number of rotatable bonds is 9. The first-order valence-corrected chi connectivity index (χ1v) is 13.5. The summed E-state index contributed by atoms with van der Waals surface area (Å²) in [7, 11) is -3.47. The predicted octanol–water partition coefficient (Wildman–Crippen LogP) is 4.33. The van der Waals surface area contributed by atoms with Crippen LogP contribution in [0.2, 0.25) is 0 Å². The van der Waals surface area contributed by atoms with E-state index in [9.17, 15) is 22.0 Å². The fraction of sp³-hybridized carbons (Fsp3) is 0.296. The fourth-order valence-electron chi connectivity index (χ4n) is 4.86. The molecule has 3 aromatic rings. The van der Waals surface area contributed by atoms with E-state index in [1.165, 1.54) is 18.2 Å². The molecule has 0 unspecified atom stereocenters. The molecule has 1 saturated carbocycles. The molecule has 9 heteroatoms. The van der Waals surface area contributed by atoms with Gasteiger partial charge in [-0.15, -0.1) is 0 Å². The Morgan fingerprint density at radius 1 is 1.08 bits per heavy atom. The van der Waals surface area contributed by atoms with E-state index in [2.05, 4.69) is 4.72 Å². The third kappa shape index (κ3) is 5.91. The maximum absolute atomic E-state index is 14.9. The van der Waals surface area contributed by atoms with Crippen molar-refractivity contribution in [1.29, 1.82) is 0 Å². The van der Waals surface area contributed by atoms with Crippen molar-refractivity contribution in [2.45, 2.75) is 38.3 Å². The highest BCUT2D eigenvalue weighted by Crippen LogP contribution is 2.42. The molecule has 3 N–H and O–H groups in total. The van der Waals surface area contributed by atoms with Gasteiger partial charge in [-0.1, -0.05) is 48.5 Å². The number of nitrogens with one attached hydrogen (secondary N) is 1. The molecule has 0 spiro atoms. The molecular formula is C27H28F2N2O4S. The predicted molar refractivity (Wildman–Crippen MR) is 134 cm³/mol. The zero-order valence-corrected chi connectivity index (χ0v) is 20.7. The third-order valence-corrected chi connectivity index (χ3v) is 7.35. The van der Waals surface area contributed by atoms with Crippen molar-refractivity contribution in [2.24, 2.45) is 11.1 Å². The molecule has 190 valence electrons. The zero-order valence-electron chi connectivity index (χ0n) is 19.8. The van der Waals surface area contributed by atoms with Crippen LogP contribution in [0.3, 0.4) is 0 Å². The number of hydrogen-bond acceptors (Lipinski definition) is 4. The standard InChI is InChI=1S/C27H28F2N2O4S/c1-36(33,34)31-21-12-13-27(16-21,26(30)32)15-20-14-19(10-11-23(20)28)22-8-5-9-24(29)25(22)35-17-18-6-3-2-4-7-18/h2-11,14,21,31H,12-13,15-17H2,1H3,(H2,30,32)/t21-,27+/m0/s1. The molecule has 4 rings (SSSR count). The average Bonchev–Trinajstić information content (AvgIpc) is 3.22. The Balaban J connectivity index is 1.63. The molecule has 0 bridgehead atoms. The topological polar surface area (TPSA) is 98.5 Å². The van der Waals surface area contributed by atoms with Crippen LogP contribution in [0.25, 0.3) is 11.1 Å². The molecule has 2 atom stereocenters. The maximum Gasteiger partial charge on any atom is 0.224 e. The summed E-state index contributed by atoms with van der Waals surface area (Å²) in [6, 6.07) is 17.8. The number of benzene rings is 3. The monoisotopic (exact) mass is 514 g/mol. The first-order chi connectivity index (χ1) is 17.1. The minimum Gasteiger partial charge on any atom is -0.485 e. The van der Waals surface area contributed by atoms with Gasteiger partial charge >= 0.3 is 0 Å². The van der Waals surface area contributed by atoms with Gasteiger partial charge in [0.15, 0.2) is 11.6 Å². The van der Waals surface area contributed by atoms with Gasteiger partial charge in [-0.2, -0.15) is 0 Å². The highest BCUT2D eigenvalue weighted by molar-refractivity contribution is 7.88. The Labute approximate surface area is 209 Å². The van der Waals surface area contributed by atoms with E-state index >= 15 is 0 Å². The summed E-state index contributed by atoms with van der Waals surface area (Å²) >= 11 is 0. The second kappa shape index (κ2) is 10.4. The average molecular weight is 515 g/mol. The van der Waals surface area contributed by atoms with E-state index in [4.69, 9.17) is 10.5 Å². The van der Waals surface area contributed by atoms with Crippen molar-refractivity contribution in [3.63, 3.8) is 0 Å². The number of carbonyl (C=O) groups is 1. The Kier molecular flexibility index (Phi) is 7.42. The van der Waals surface area contributed by atoms with Gasteiger partial charge in [-0.25, -0.2) is 21.9 Å². The van der Waals surface area contributed by atoms with E-state index in [0.29, 0.717) is 24.0 Å². The molecule has 6 nitrogen and oxygen atoms in total. The lowest BCUT2D eigenvalue weighted by molar-refractivity contribution is -0.127.